The summed E-state index contributed by atoms with van der Waals surface area (Å²) in [6.07, 6.45) is 3.83. The number of rotatable bonds is 5. The Hall–Kier alpha value is -3.00. The summed E-state index contributed by atoms with van der Waals surface area (Å²) in [6, 6.07) is 10.1. The summed E-state index contributed by atoms with van der Waals surface area (Å²) in [5.74, 6) is 2.80. The summed E-state index contributed by atoms with van der Waals surface area (Å²) in [7, 11) is -3.80. The molecule has 5 rings (SSSR count). The molecule has 1 aliphatic carbocycles. The number of benzene rings is 2. The second kappa shape index (κ2) is 6.27. The topological polar surface area (TPSA) is 90.7 Å². The third-order valence-electron chi connectivity index (χ3n) is 4.84. The maximum Gasteiger partial charge on any atom is 0.262 e. The Morgan fingerprint density at radius 3 is 2.71 bits per heavy atom. The lowest BCUT2D eigenvalue weighted by Gasteiger charge is -2.12. The quantitative estimate of drug-likeness (QED) is 0.697. The highest BCUT2D eigenvalue weighted by Gasteiger charge is 2.29. The molecule has 144 valence electrons. The first-order valence-corrected chi connectivity index (χ1v) is 10.5. The second-order valence-corrected chi connectivity index (χ2v) is 8.64. The Morgan fingerprint density at radius 2 is 1.89 bits per heavy atom. The van der Waals surface area contributed by atoms with Gasteiger partial charge in [-0.25, -0.2) is 13.4 Å². The third-order valence-corrected chi connectivity index (χ3v) is 6.36. The fourth-order valence-electron chi connectivity index (χ4n) is 3.15. The van der Waals surface area contributed by atoms with Crippen molar-refractivity contribution in [3.63, 3.8) is 0 Å². The maximum atomic E-state index is 13.0. The van der Waals surface area contributed by atoms with E-state index in [0.29, 0.717) is 40.0 Å². The first kappa shape index (κ1) is 17.1. The van der Waals surface area contributed by atoms with Gasteiger partial charge in [0.25, 0.3) is 10.0 Å². The number of anilines is 1. The lowest BCUT2D eigenvalue weighted by Crippen LogP contribution is -2.14. The zero-order valence-corrected chi connectivity index (χ0v) is 16.0. The summed E-state index contributed by atoms with van der Waals surface area (Å²) < 4.78 is 45.0. The number of ether oxygens (including phenoxy) is 2. The van der Waals surface area contributed by atoms with Gasteiger partial charge in [-0.05, 0) is 43.5 Å². The van der Waals surface area contributed by atoms with Gasteiger partial charge in [-0.1, -0.05) is 12.1 Å². The van der Waals surface area contributed by atoms with Gasteiger partial charge in [-0.3, -0.25) is 4.72 Å². The number of sulfonamides is 1. The van der Waals surface area contributed by atoms with E-state index >= 15 is 0 Å². The molecule has 2 aromatic carbocycles. The summed E-state index contributed by atoms with van der Waals surface area (Å²) in [4.78, 5) is 4.50. The predicted molar refractivity (Wildman–Crippen MR) is 102 cm³/mol. The predicted octanol–water partition coefficient (Wildman–Crippen LogP) is 4.06. The summed E-state index contributed by atoms with van der Waals surface area (Å²) >= 11 is 0. The van der Waals surface area contributed by atoms with Gasteiger partial charge in [0, 0.05) is 17.5 Å². The van der Waals surface area contributed by atoms with E-state index in [2.05, 4.69) is 9.71 Å². The number of aryl methyl sites for hydroxylation is 1. The normalized spacial score (nSPS) is 15.6. The highest BCUT2D eigenvalue weighted by Crippen LogP contribution is 2.41. The molecule has 0 spiro atoms. The highest BCUT2D eigenvalue weighted by atomic mass is 32.2. The lowest BCUT2D eigenvalue weighted by molar-refractivity contribution is 0.174. The van der Waals surface area contributed by atoms with E-state index < -0.39 is 10.0 Å². The molecular formula is C20H18N2O5S. The van der Waals surface area contributed by atoms with Crippen LogP contribution >= 0.6 is 0 Å². The number of aromatic nitrogens is 1. The van der Waals surface area contributed by atoms with Crippen molar-refractivity contribution >= 4 is 15.7 Å². The molecular weight excluding hydrogens is 380 g/mol. The third kappa shape index (κ3) is 3.09. The molecule has 2 heterocycles. The Kier molecular flexibility index (Phi) is 3.83. The molecule has 28 heavy (non-hydrogen) atoms. The lowest BCUT2D eigenvalue weighted by atomic mass is 10.1. The van der Waals surface area contributed by atoms with Crippen LogP contribution in [0.2, 0.25) is 0 Å². The molecule has 1 saturated carbocycles. The molecule has 2 aliphatic rings. The van der Waals surface area contributed by atoms with Crippen LogP contribution < -0.4 is 14.2 Å². The number of fused-ring (bicyclic) bond motifs is 1. The van der Waals surface area contributed by atoms with E-state index in [9.17, 15) is 8.42 Å². The zero-order valence-electron chi connectivity index (χ0n) is 15.1. The van der Waals surface area contributed by atoms with Crippen molar-refractivity contribution in [2.24, 2.45) is 0 Å². The Balaban J connectivity index is 1.46. The van der Waals surface area contributed by atoms with E-state index in [0.717, 1.165) is 18.7 Å². The second-order valence-electron chi connectivity index (χ2n) is 6.99. The first-order chi connectivity index (χ1) is 13.5. The van der Waals surface area contributed by atoms with Crippen molar-refractivity contribution in [3.8, 4) is 22.8 Å². The van der Waals surface area contributed by atoms with Crippen LogP contribution in [0.15, 0.2) is 51.9 Å². The van der Waals surface area contributed by atoms with Gasteiger partial charge >= 0.3 is 0 Å². The largest absolute Gasteiger partial charge is 0.454 e. The fourth-order valence-corrected chi connectivity index (χ4v) is 4.47. The molecule has 0 radical (unpaired) electrons. The molecule has 1 aromatic heterocycles. The average Bonchev–Trinajstić information content (AvgIpc) is 3.21. The number of nitrogens with zero attached hydrogens (tertiary/aromatic N) is 1. The van der Waals surface area contributed by atoms with Crippen LogP contribution in [0.3, 0.4) is 0 Å². The number of nitrogens with one attached hydrogen (secondary N) is 1. The van der Waals surface area contributed by atoms with Gasteiger partial charge in [0.05, 0.1) is 16.8 Å². The van der Waals surface area contributed by atoms with Crippen molar-refractivity contribution < 1.29 is 22.3 Å². The minimum Gasteiger partial charge on any atom is -0.454 e. The zero-order chi connectivity index (χ0) is 19.3. The van der Waals surface area contributed by atoms with Gasteiger partial charge in [0.15, 0.2) is 23.1 Å². The standard InChI is InChI=1S/C20H18N2O5S/c1-12-2-3-14(18-10-21-20(27-18)13-4-5-13)8-19(12)28(23,24)22-15-6-7-16-17(9-15)26-11-25-16/h2-3,6-10,13,22H,4-5,11H2,1H3. The molecule has 0 unspecified atom stereocenters. The van der Waals surface area contributed by atoms with Gasteiger partial charge in [0.1, 0.15) is 0 Å². The summed E-state index contributed by atoms with van der Waals surface area (Å²) in [5.41, 5.74) is 1.72. The molecule has 1 N–H and O–H groups in total. The van der Waals surface area contributed by atoms with Gasteiger partial charge in [-0.2, -0.15) is 0 Å². The van der Waals surface area contributed by atoms with E-state index in [1.807, 2.05) is 6.07 Å². The van der Waals surface area contributed by atoms with Crippen molar-refractivity contribution in [1.29, 1.82) is 0 Å². The van der Waals surface area contributed by atoms with E-state index in [4.69, 9.17) is 13.9 Å². The molecule has 0 atom stereocenters. The Labute approximate surface area is 162 Å². The van der Waals surface area contributed by atoms with Gasteiger partial charge in [-0.15, -0.1) is 0 Å². The average molecular weight is 398 g/mol. The highest BCUT2D eigenvalue weighted by molar-refractivity contribution is 7.92. The SMILES string of the molecule is Cc1ccc(-c2cnc(C3CC3)o2)cc1S(=O)(=O)Nc1ccc2c(c1)OCO2. The molecule has 0 bridgehead atoms. The van der Waals surface area contributed by atoms with E-state index in [1.54, 1.807) is 43.5 Å². The van der Waals surface area contributed by atoms with Crippen molar-refractivity contribution in [1.82, 2.24) is 4.98 Å². The summed E-state index contributed by atoms with van der Waals surface area (Å²) in [6.45, 7) is 1.89. The minimum atomic E-state index is -3.80. The number of oxazole rings is 1. The van der Waals surface area contributed by atoms with Crippen molar-refractivity contribution in [2.45, 2.75) is 30.6 Å². The molecule has 1 aliphatic heterocycles. The van der Waals surface area contributed by atoms with Crippen molar-refractivity contribution in [2.75, 3.05) is 11.5 Å². The van der Waals surface area contributed by atoms with Gasteiger partial charge in [0.2, 0.25) is 6.79 Å². The molecule has 1 fully saturated rings. The van der Waals surface area contributed by atoms with Crippen LogP contribution in [-0.2, 0) is 10.0 Å². The van der Waals surface area contributed by atoms with Crippen LogP contribution in [0.1, 0.15) is 30.2 Å². The van der Waals surface area contributed by atoms with E-state index in [1.165, 1.54) is 0 Å². The van der Waals surface area contributed by atoms with Crippen LogP contribution in [0.4, 0.5) is 5.69 Å². The Bertz CT molecular complexity index is 1170. The van der Waals surface area contributed by atoms with Gasteiger partial charge < -0.3 is 13.9 Å². The molecule has 0 amide bonds. The number of hydrogen-bond donors (Lipinski definition) is 1. The maximum absolute atomic E-state index is 13.0. The van der Waals surface area contributed by atoms with Crippen molar-refractivity contribution in [3.05, 3.63) is 54.0 Å². The molecule has 8 heteroatoms. The molecule has 0 saturated heterocycles. The smallest absolute Gasteiger partial charge is 0.262 e. The van der Waals surface area contributed by atoms with Crippen LogP contribution in [0.5, 0.6) is 11.5 Å². The fraction of sp³-hybridized carbons (Fsp3) is 0.250. The monoisotopic (exact) mass is 398 g/mol. The molecule has 7 nitrogen and oxygen atoms in total. The minimum absolute atomic E-state index is 0.132. The van der Waals surface area contributed by atoms with E-state index in [-0.39, 0.29) is 11.7 Å². The Morgan fingerprint density at radius 1 is 1.07 bits per heavy atom. The molecule has 3 aromatic rings. The van der Waals surface area contributed by atoms with Crippen LogP contribution in [-0.4, -0.2) is 20.2 Å². The van der Waals surface area contributed by atoms with Crippen LogP contribution in [0, 0.1) is 6.92 Å². The van der Waals surface area contributed by atoms with Crippen LogP contribution in [0.25, 0.3) is 11.3 Å². The number of hydrogen-bond acceptors (Lipinski definition) is 6. The first-order valence-electron chi connectivity index (χ1n) is 8.99. The summed E-state index contributed by atoms with van der Waals surface area (Å²) in [5, 5.41) is 0.